The van der Waals surface area contributed by atoms with Crippen molar-refractivity contribution in [1.29, 1.82) is 0 Å². The Morgan fingerprint density at radius 1 is 1.08 bits per heavy atom. The molecule has 0 bridgehead atoms. The SMILES string of the molecule is CC1=CC(C)(C)N(C)c2cc3oc(=O)c(-c4cc[nH+]cc4)cc3cc21. The number of fused-ring (bicyclic) bond motifs is 2. The summed E-state index contributed by atoms with van der Waals surface area (Å²) in [6.07, 6.45) is 5.87. The molecule has 0 saturated carbocycles. The molecule has 25 heavy (non-hydrogen) atoms. The molecule has 3 aromatic rings. The van der Waals surface area contributed by atoms with Crippen LogP contribution in [0.5, 0.6) is 0 Å². The van der Waals surface area contributed by atoms with Gasteiger partial charge in [0.15, 0.2) is 12.4 Å². The van der Waals surface area contributed by atoms with Gasteiger partial charge in [-0.3, -0.25) is 0 Å². The molecule has 1 aliphatic heterocycles. The summed E-state index contributed by atoms with van der Waals surface area (Å²) in [6.45, 7) is 6.48. The van der Waals surface area contributed by atoms with Crippen molar-refractivity contribution < 1.29 is 9.40 Å². The van der Waals surface area contributed by atoms with E-state index in [1.54, 1.807) is 12.4 Å². The Morgan fingerprint density at radius 3 is 2.48 bits per heavy atom. The molecular weight excluding hydrogens is 312 g/mol. The van der Waals surface area contributed by atoms with Crippen LogP contribution in [-0.4, -0.2) is 12.6 Å². The molecule has 2 aromatic heterocycles. The average Bonchev–Trinajstić information content (AvgIpc) is 2.58. The molecule has 1 N–H and O–H groups in total. The van der Waals surface area contributed by atoms with Gasteiger partial charge in [0.2, 0.25) is 0 Å². The first kappa shape index (κ1) is 15.6. The quantitative estimate of drug-likeness (QED) is 0.635. The second kappa shape index (κ2) is 5.31. The number of nitrogens with zero attached hydrogens (tertiary/aromatic N) is 1. The number of allylic oxidation sites excluding steroid dienone is 1. The zero-order valence-corrected chi connectivity index (χ0v) is 14.9. The van der Waals surface area contributed by atoms with Crippen LogP contribution in [0.2, 0.25) is 0 Å². The lowest BCUT2D eigenvalue weighted by Crippen LogP contribution is -2.42. The van der Waals surface area contributed by atoms with Gasteiger partial charge < -0.3 is 9.32 Å². The number of aromatic amines is 1. The summed E-state index contributed by atoms with van der Waals surface area (Å²) in [7, 11) is 2.07. The van der Waals surface area contributed by atoms with Crippen molar-refractivity contribution in [2.75, 3.05) is 11.9 Å². The fourth-order valence-corrected chi connectivity index (χ4v) is 3.53. The van der Waals surface area contributed by atoms with Crippen molar-refractivity contribution in [3.05, 3.63) is 64.8 Å². The average molecular weight is 333 g/mol. The first-order chi connectivity index (χ1) is 11.9. The molecule has 3 heterocycles. The van der Waals surface area contributed by atoms with Gasteiger partial charge in [-0.05, 0) is 38.5 Å². The lowest BCUT2D eigenvalue weighted by molar-refractivity contribution is -0.377. The summed E-state index contributed by atoms with van der Waals surface area (Å²) in [5.74, 6) is 0. The van der Waals surface area contributed by atoms with Crippen molar-refractivity contribution in [3.63, 3.8) is 0 Å². The number of aromatic nitrogens is 1. The second-order valence-electron chi connectivity index (χ2n) is 7.18. The van der Waals surface area contributed by atoms with E-state index in [1.807, 2.05) is 24.3 Å². The smallest absolute Gasteiger partial charge is 0.344 e. The number of rotatable bonds is 1. The number of anilines is 1. The van der Waals surface area contributed by atoms with Crippen LogP contribution in [0.4, 0.5) is 5.69 Å². The van der Waals surface area contributed by atoms with Crippen LogP contribution in [0, 0.1) is 0 Å². The predicted octanol–water partition coefficient (Wildman–Crippen LogP) is 3.91. The Bertz CT molecular complexity index is 1060. The fraction of sp³-hybridized carbons (Fsp3) is 0.238. The van der Waals surface area contributed by atoms with Crippen LogP contribution < -0.4 is 15.5 Å². The van der Waals surface area contributed by atoms with E-state index in [4.69, 9.17) is 4.42 Å². The fourth-order valence-electron chi connectivity index (χ4n) is 3.53. The molecule has 4 rings (SSSR count). The Balaban J connectivity index is 1.97. The van der Waals surface area contributed by atoms with Crippen LogP contribution in [0.1, 0.15) is 26.3 Å². The predicted molar refractivity (Wildman–Crippen MR) is 101 cm³/mol. The van der Waals surface area contributed by atoms with Crippen molar-refractivity contribution >= 4 is 22.2 Å². The standard InChI is InChI=1S/C21H20N2O2/c1-13-12-21(2,3)23(4)18-11-19-15(9-16(13)18)10-17(20(24)25-19)14-5-7-22-8-6-14/h5-12H,1-4H3/p+1. The largest absolute Gasteiger partial charge is 0.422 e. The Kier molecular flexibility index (Phi) is 3.32. The van der Waals surface area contributed by atoms with Crippen molar-refractivity contribution in [3.8, 4) is 11.1 Å². The van der Waals surface area contributed by atoms with Gasteiger partial charge in [0.25, 0.3) is 0 Å². The number of hydrogen-bond acceptors (Lipinski definition) is 3. The monoisotopic (exact) mass is 333 g/mol. The summed E-state index contributed by atoms with van der Waals surface area (Å²) >= 11 is 0. The Hall–Kier alpha value is -2.88. The highest BCUT2D eigenvalue weighted by molar-refractivity contribution is 5.92. The molecule has 0 saturated heterocycles. The van der Waals surface area contributed by atoms with Gasteiger partial charge in [-0.1, -0.05) is 6.08 Å². The Labute approximate surface area is 146 Å². The van der Waals surface area contributed by atoms with E-state index in [2.05, 4.69) is 49.8 Å². The van der Waals surface area contributed by atoms with E-state index in [0.29, 0.717) is 11.1 Å². The first-order valence-electron chi connectivity index (χ1n) is 8.39. The van der Waals surface area contributed by atoms with Gasteiger partial charge in [-0.2, -0.15) is 0 Å². The van der Waals surface area contributed by atoms with Gasteiger partial charge in [-0.25, -0.2) is 9.78 Å². The molecular formula is C21H21N2O2+. The van der Waals surface area contributed by atoms with Crippen LogP contribution in [0.15, 0.2) is 58.0 Å². The van der Waals surface area contributed by atoms with E-state index >= 15 is 0 Å². The first-order valence-corrected chi connectivity index (χ1v) is 8.39. The molecule has 0 atom stereocenters. The van der Waals surface area contributed by atoms with Gasteiger partial charge in [-0.15, -0.1) is 0 Å². The molecule has 126 valence electrons. The number of hydrogen-bond donors (Lipinski definition) is 0. The van der Waals surface area contributed by atoms with Crippen LogP contribution in [0.25, 0.3) is 27.7 Å². The van der Waals surface area contributed by atoms with Crippen LogP contribution >= 0.6 is 0 Å². The summed E-state index contributed by atoms with van der Waals surface area (Å²) in [6, 6.07) is 9.76. The van der Waals surface area contributed by atoms with Crippen molar-refractivity contribution in [2.45, 2.75) is 26.3 Å². The lowest BCUT2D eigenvalue weighted by Gasteiger charge is -2.40. The van der Waals surface area contributed by atoms with E-state index in [9.17, 15) is 4.79 Å². The molecule has 0 spiro atoms. The molecule has 0 fully saturated rings. The number of nitrogens with one attached hydrogen (secondary N) is 1. The maximum absolute atomic E-state index is 12.5. The van der Waals surface area contributed by atoms with E-state index < -0.39 is 0 Å². The molecule has 0 unspecified atom stereocenters. The number of H-pyrrole nitrogens is 1. The second-order valence-corrected chi connectivity index (χ2v) is 7.18. The zero-order valence-electron chi connectivity index (χ0n) is 14.9. The van der Waals surface area contributed by atoms with E-state index in [0.717, 1.165) is 16.6 Å². The van der Waals surface area contributed by atoms with Gasteiger partial charge >= 0.3 is 5.63 Å². The molecule has 4 heteroatoms. The summed E-state index contributed by atoms with van der Waals surface area (Å²) in [5.41, 5.74) is 5.15. The normalized spacial score (nSPS) is 15.8. The number of pyridine rings is 1. The highest BCUT2D eigenvalue weighted by Crippen LogP contribution is 2.40. The van der Waals surface area contributed by atoms with Gasteiger partial charge in [0, 0.05) is 47.4 Å². The molecule has 0 radical (unpaired) electrons. The topological polar surface area (TPSA) is 47.6 Å². The van der Waals surface area contributed by atoms with Crippen LogP contribution in [0.3, 0.4) is 0 Å². The minimum absolute atomic E-state index is 0.0778. The highest BCUT2D eigenvalue weighted by Gasteiger charge is 2.29. The third-order valence-electron chi connectivity index (χ3n) is 5.10. The third kappa shape index (κ3) is 2.45. The van der Waals surface area contributed by atoms with Gasteiger partial charge in [0.05, 0.1) is 11.1 Å². The summed E-state index contributed by atoms with van der Waals surface area (Å²) < 4.78 is 5.65. The molecule has 0 amide bonds. The minimum Gasteiger partial charge on any atom is -0.422 e. The van der Waals surface area contributed by atoms with Crippen molar-refractivity contribution in [2.24, 2.45) is 0 Å². The molecule has 1 aliphatic rings. The minimum atomic E-state index is -0.316. The van der Waals surface area contributed by atoms with Gasteiger partial charge in [0.1, 0.15) is 5.58 Å². The van der Waals surface area contributed by atoms with Crippen LogP contribution in [-0.2, 0) is 0 Å². The highest BCUT2D eigenvalue weighted by atomic mass is 16.4. The van der Waals surface area contributed by atoms with Crippen molar-refractivity contribution in [1.82, 2.24) is 0 Å². The molecule has 4 nitrogen and oxygen atoms in total. The summed E-state index contributed by atoms with van der Waals surface area (Å²) in [5, 5.41) is 0.932. The maximum Gasteiger partial charge on any atom is 0.344 e. The Morgan fingerprint density at radius 2 is 1.76 bits per heavy atom. The number of benzene rings is 1. The van der Waals surface area contributed by atoms with E-state index in [-0.39, 0.29) is 11.2 Å². The third-order valence-corrected chi connectivity index (χ3v) is 5.10. The number of likely N-dealkylation sites (N-methyl/N-ethyl adjacent to an activating group) is 1. The maximum atomic E-state index is 12.5. The lowest BCUT2D eigenvalue weighted by atomic mass is 9.88. The molecule has 0 aliphatic carbocycles. The van der Waals surface area contributed by atoms with E-state index in [1.165, 1.54) is 11.1 Å². The molecule has 1 aromatic carbocycles. The summed E-state index contributed by atoms with van der Waals surface area (Å²) in [4.78, 5) is 17.7. The zero-order chi connectivity index (χ0) is 17.8.